The first-order valence-corrected chi connectivity index (χ1v) is 8.26. The second-order valence-electron chi connectivity index (χ2n) is 5.21. The van der Waals surface area contributed by atoms with E-state index in [1.165, 1.54) is 18.3 Å². The van der Waals surface area contributed by atoms with E-state index >= 15 is 0 Å². The molecule has 0 bridgehead atoms. The predicted molar refractivity (Wildman–Crippen MR) is 100 cm³/mol. The molecule has 8 heteroatoms. The van der Waals surface area contributed by atoms with Gasteiger partial charge < -0.3 is 4.42 Å². The fraction of sp³-hybridized carbons (Fsp3) is 0. The van der Waals surface area contributed by atoms with Gasteiger partial charge in [-0.15, -0.1) is 0 Å². The molecule has 0 saturated heterocycles. The minimum Gasteiger partial charge on any atom is -0.455 e. The summed E-state index contributed by atoms with van der Waals surface area (Å²) in [5.74, 6) is 0.644. The minimum atomic E-state index is -0.460. The van der Waals surface area contributed by atoms with Gasteiger partial charge in [-0.3, -0.25) is 14.9 Å². The lowest BCUT2D eigenvalue weighted by Gasteiger charge is -1.99. The highest BCUT2D eigenvalue weighted by Crippen LogP contribution is 2.24. The smallest absolute Gasteiger partial charge is 0.271 e. The molecule has 1 aromatic heterocycles. The van der Waals surface area contributed by atoms with Crippen molar-refractivity contribution in [2.24, 2.45) is 5.10 Å². The molecule has 0 spiro atoms. The van der Waals surface area contributed by atoms with Crippen LogP contribution < -0.4 is 5.43 Å². The molecule has 3 aromatic rings. The summed E-state index contributed by atoms with van der Waals surface area (Å²) < 4.78 is 6.48. The summed E-state index contributed by atoms with van der Waals surface area (Å²) in [4.78, 5) is 22.1. The van der Waals surface area contributed by atoms with E-state index in [1.807, 2.05) is 0 Å². The van der Waals surface area contributed by atoms with Crippen LogP contribution in [0.4, 0.5) is 5.69 Å². The monoisotopic (exact) mass is 413 g/mol. The molecule has 3 rings (SSSR count). The zero-order chi connectivity index (χ0) is 18.5. The normalized spacial score (nSPS) is 10.8. The minimum absolute atomic E-state index is 0.0118. The van der Waals surface area contributed by atoms with Crippen molar-refractivity contribution in [2.45, 2.75) is 0 Å². The number of benzene rings is 2. The number of nitrogens with one attached hydrogen (secondary N) is 1. The molecule has 0 unspecified atom stereocenters. The van der Waals surface area contributed by atoms with Gasteiger partial charge >= 0.3 is 0 Å². The Bertz CT molecular complexity index is 963. The van der Waals surface area contributed by atoms with Gasteiger partial charge in [0.15, 0.2) is 0 Å². The fourth-order valence-corrected chi connectivity index (χ4v) is 2.41. The molecule has 1 amide bonds. The molecule has 0 aliphatic carbocycles. The highest BCUT2D eigenvalue weighted by Gasteiger charge is 2.08. The number of nitro benzene ring substituents is 1. The largest absolute Gasteiger partial charge is 0.455 e. The molecule has 0 radical (unpaired) electrons. The average molecular weight is 414 g/mol. The zero-order valence-electron chi connectivity index (χ0n) is 13.3. The quantitative estimate of drug-likeness (QED) is 0.381. The zero-order valence-corrected chi connectivity index (χ0v) is 14.8. The number of hydrogen-bond donors (Lipinski definition) is 1. The molecule has 1 heterocycles. The Morgan fingerprint density at radius 2 is 1.77 bits per heavy atom. The van der Waals surface area contributed by atoms with Gasteiger partial charge in [-0.25, -0.2) is 5.43 Å². The van der Waals surface area contributed by atoms with Crippen molar-refractivity contribution in [3.05, 3.63) is 86.6 Å². The van der Waals surface area contributed by atoms with Crippen molar-refractivity contribution in [3.8, 4) is 11.3 Å². The first-order valence-electron chi connectivity index (χ1n) is 7.46. The lowest BCUT2D eigenvalue weighted by Crippen LogP contribution is -2.17. The first-order chi connectivity index (χ1) is 12.5. The van der Waals surface area contributed by atoms with Crippen LogP contribution in [0, 0.1) is 10.1 Å². The number of hydrazone groups is 1. The molecule has 0 fully saturated rings. The topological polar surface area (TPSA) is 97.7 Å². The van der Waals surface area contributed by atoms with Crippen LogP contribution in [-0.4, -0.2) is 17.0 Å². The molecular formula is C18H12BrN3O4. The van der Waals surface area contributed by atoms with Crippen LogP contribution in [0.5, 0.6) is 0 Å². The standard InChI is InChI=1S/C18H12BrN3O4/c19-14-5-1-13(2-6-14)18(23)21-20-11-16-9-10-17(26-16)12-3-7-15(8-4-12)22(24)25/h1-11H,(H,21,23). The van der Waals surface area contributed by atoms with Gasteiger partial charge in [-0.05, 0) is 48.5 Å². The third-order valence-corrected chi connectivity index (χ3v) is 3.98. The van der Waals surface area contributed by atoms with Crippen LogP contribution in [0.1, 0.15) is 16.1 Å². The van der Waals surface area contributed by atoms with E-state index in [9.17, 15) is 14.9 Å². The van der Waals surface area contributed by atoms with Crippen molar-refractivity contribution in [1.82, 2.24) is 5.43 Å². The molecule has 0 atom stereocenters. The van der Waals surface area contributed by atoms with Gasteiger partial charge in [0.25, 0.3) is 11.6 Å². The van der Waals surface area contributed by atoms with E-state index in [2.05, 4.69) is 26.5 Å². The molecule has 0 aliphatic rings. The number of furan rings is 1. The summed E-state index contributed by atoms with van der Waals surface area (Å²) >= 11 is 3.30. The van der Waals surface area contributed by atoms with E-state index in [0.717, 1.165) is 4.47 Å². The van der Waals surface area contributed by atoms with E-state index in [4.69, 9.17) is 4.42 Å². The van der Waals surface area contributed by atoms with E-state index in [0.29, 0.717) is 22.6 Å². The number of rotatable bonds is 5. The third-order valence-electron chi connectivity index (χ3n) is 3.45. The van der Waals surface area contributed by atoms with Crippen LogP contribution in [0.25, 0.3) is 11.3 Å². The second kappa shape index (κ2) is 7.75. The van der Waals surface area contributed by atoms with Gasteiger partial charge in [-0.2, -0.15) is 5.10 Å². The lowest BCUT2D eigenvalue weighted by atomic mass is 10.1. The second-order valence-corrected chi connectivity index (χ2v) is 6.13. The van der Waals surface area contributed by atoms with Crippen LogP contribution >= 0.6 is 15.9 Å². The van der Waals surface area contributed by atoms with Crippen molar-refractivity contribution in [3.63, 3.8) is 0 Å². The van der Waals surface area contributed by atoms with Crippen molar-refractivity contribution >= 4 is 33.7 Å². The average Bonchev–Trinajstić information content (AvgIpc) is 3.11. The summed E-state index contributed by atoms with van der Waals surface area (Å²) in [7, 11) is 0. The van der Waals surface area contributed by atoms with Crippen LogP contribution in [0.3, 0.4) is 0 Å². The number of non-ortho nitro benzene ring substituents is 1. The number of nitro groups is 1. The Morgan fingerprint density at radius 1 is 1.08 bits per heavy atom. The molecule has 1 N–H and O–H groups in total. The molecule has 0 saturated carbocycles. The molecule has 130 valence electrons. The maximum atomic E-state index is 11.9. The van der Waals surface area contributed by atoms with Crippen molar-refractivity contribution in [1.29, 1.82) is 0 Å². The molecular weight excluding hydrogens is 402 g/mol. The van der Waals surface area contributed by atoms with Crippen LogP contribution in [0.15, 0.2) is 74.7 Å². The van der Waals surface area contributed by atoms with Gasteiger partial charge in [-0.1, -0.05) is 15.9 Å². The number of nitrogens with zero attached hydrogens (tertiary/aromatic N) is 2. The summed E-state index contributed by atoms with van der Waals surface area (Å²) in [6.45, 7) is 0. The summed E-state index contributed by atoms with van der Waals surface area (Å²) in [6, 6.07) is 16.3. The van der Waals surface area contributed by atoms with E-state index < -0.39 is 4.92 Å². The van der Waals surface area contributed by atoms with E-state index in [1.54, 1.807) is 48.5 Å². The number of amides is 1. The Morgan fingerprint density at radius 3 is 2.42 bits per heavy atom. The highest BCUT2D eigenvalue weighted by molar-refractivity contribution is 9.10. The fourth-order valence-electron chi connectivity index (χ4n) is 2.15. The summed E-state index contributed by atoms with van der Waals surface area (Å²) in [6.07, 6.45) is 1.38. The van der Waals surface area contributed by atoms with Crippen molar-refractivity contribution in [2.75, 3.05) is 0 Å². The van der Waals surface area contributed by atoms with Crippen LogP contribution in [0.2, 0.25) is 0 Å². The Labute approximate surface area is 156 Å². The SMILES string of the molecule is O=C(NN=Cc1ccc(-c2ccc([N+](=O)[O-])cc2)o1)c1ccc(Br)cc1. The van der Waals surface area contributed by atoms with E-state index in [-0.39, 0.29) is 11.6 Å². The number of carbonyl (C=O) groups is 1. The maximum absolute atomic E-state index is 11.9. The highest BCUT2D eigenvalue weighted by atomic mass is 79.9. The van der Waals surface area contributed by atoms with Gasteiger partial charge in [0.2, 0.25) is 0 Å². The maximum Gasteiger partial charge on any atom is 0.271 e. The van der Waals surface area contributed by atoms with Crippen molar-refractivity contribution < 1.29 is 14.1 Å². The summed E-state index contributed by atoms with van der Waals surface area (Å²) in [5.41, 5.74) is 3.61. The number of carbonyl (C=O) groups excluding carboxylic acids is 1. The molecule has 0 aliphatic heterocycles. The Hall–Kier alpha value is -3.26. The third kappa shape index (κ3) is 4.22. The Balaban J connectivity index is 1.64. The number of hydrogen-bond acceptors (Lipinski definition) is 5. The van der Waals surface area contributed by atoms with Crippen LogP contribution in [-0.2, 0) is 0 Å². The predicted octanol–water partition coefficient (Wildman–Crippen LogP) is 4.38. The molecule has 2 aromatic carbocycles. The molecule has 7 nitrogen and oxygen atoms in total. The summed E-state index contributed by atoms with van der Waals surface area (Å²) in [5, 5.41) is 14.5. The number of halogens is 1. The lowest BCUT2D eigenvalue weighted by molar-refractivity contribution is -0.384. The first kappa shape index (κ1) is 17.6. The van der Waals surface area contributed by atoms with Gasteiger partial charge in [0.1, 0.15) is 11.5 Å². The Kier molecular flexibility index (Phi) is 5.23. The van der Waals surface area contributed by atoms with Gasteiger partial charge in [0, 0.05) is 27.7 Å². The van der Waals surface area contributed by atoms with Gasteiger partial charge in [0.05, 0.1) is 11.1 Å². The molecule has 26 heavy (non-hydrogen) atoms.